The van der Waals surface area contributed by atoms with E-state index >= 15 is 0 Å². The van der Waals surface area contributed by atoms with Crippen LogP contribution in [-0.4, -0.2) is 50.9 Å². The zero-order valence-corrected chi connectivity index (χ0v) is 14.7. The van der Waals surface area contributed by atoms with Crippen LogP contribution >= 0.6 is 0 Å². The number of aliphatic hydroxyl groups excluding tert-OH is 1. The van der Waals surface area contributed by atoms with Crippen LogP contribution in [0.15, 0.2) is 30.3 Å². The van der Waals surface area contributed by atoms with E-state index in [2.05, 4.69) is 0 Å². The molecule has 1 saturated heterocycles. The molecular weight excluding hydrogens is 330 g/mol. The molecule has 0 bridgehead atoms. The summed E-state index contributed by atoms with van der Waals surface area (Å²) in [6.07, 6.45) is 1.81. The zero-order valence-electron chi connectivity index (χ0n) is 13.9. The van der Waals surface area contributed by atoms with E-state index < -0.39 is 34.1 Å². The lowest BCUT2D eigenvalue weighted by Gasteiger charge is -2.27. The van der Waals surface area contributed by atoms with Crippen molar-refractivity contribution in [2.24, 2.45) is 5.92 Å². The first-order valence-corrected chi connectivity index (χ1v) is 9.57. The largest absolute Gasteiger partial charge is 0.446 e. The Kier molecular flexibility index (Phi) is 6.51. The molecule has 1 aliphatic rings. The van der Waals surface area contributed by atoms with E-state index in [4.69, 9.17) is 9.84 Å². The molecule has 1 aromatic carbocycles. The third kappa shape index (κ3) is 4.02. The van der Waals surface area contributed by atoms with E-state index in [1.54, 1.807) is 13.2 Å². The van der Waals surface area contributed by atoms with Gasteiger partial charge in [-0.2, -0.15) is 0 Å². The van der Waals surface area contributed by atoms with Crippen LogP contribution in [0.1, 0.15) is 31.4 Å². The summed E-state index contributed by atoms with van der Waals surface area (Å²) in [6, 6.07) is 8.78. The summed E-state index contributed by atoms with van der Waals surface area (Å²) in [5, 5.41) is 8.59. The van der Waals surface area contributed by atoms with Gasteiger partial charge >= 0.3 is 6.09 Å². The van der Waals surface area contributed by atoms with Crippen LogP contribution in [-0.2, 0) is 20.3 Å². The smallest absolute Gasteiger partial charge is 0.417 e. The predicted molar refractivity (Wildman–Crippen MR) is 90.7 cm³/mol. The number of carbonyl (C=O) groups excluding carboxylic acids is 2. The maximum Gasteiger partial charge on any atom is 0.417 e. The van der Waals surface area contributed by atoms with Crippen molar-refractivity contribution < 1.29 is 23.6 Å². The van der Waals surface area contributed by atoms with Gasteiger partial charge in [0.15, 0.2) is 0 Å². The second-order valence-electron chi connectivity index (χ2n) is 5.90. The molecule has 132 valence electrons. The highest BCUT2D eigenvalue weighted by Gasteiger charge is 2.42. The van der Waals surface area contributed by atoms with Crippen LogP contribution in [0.4, 0.5) is 4.79 Å². The number of benzene rings is 1. The van der Waals surface area contributed by atoms with E-state index in [0.29, 0.717) is 12.8 Å². The van der Waals surface area contributed by atoms with Gasteiger partial charge in [-0.15, -0.1) is 0 Å². The lowest BCUT2D eigenvalue weighted by molar-refractivity contribution is -0.133. The monoisotopic (exact) mass is 353 g/mol. The molecule has 0 aromatic heterocycles. The van der Waals surface area contributed by atoms with Gasteiger partial charge in [0.25, 0.3) is 0 Å². The highest BCUT2D eigenvalue weighted by atomic mass is 32.2. The number of carbonyl (C=O) groups is 2. The highest BCUT2D eigenvalue weighted by molar-refractivity contribution is 7.84. The van der Waals surface area contributed by atoms with E-state index in [1.165, 1.54) is 0 Å². The molecule has 7 heteroatoms. The molecule has 4 atom stereocenters. The first-order chi connectivity index (χ1) is 11.5. The van der Waals surface area contributed by atoms with Crippen LogP contribution in [0.5, 0.6) is 0 Å². The van der Waals surface area contributed by atoms with Crippen molar-refractivity contribution in [1.29, 1.82) is 0 Å². The van der Waals surface area contributed by atoms with Gasteiger partial charge in [0.2, 0.25) is 5.91 Å². The Morgan fingerprint density at radius 2 is 2.08 bits per heavy atom. The molecular formula is C17H23NO5S. The minimum absolute atomic E-state index is 0.0208. The minimum Gasteiger partial charge on any atom is -0.446 e. The number of imide groups is 1. The first-order valence-electron chi connectivity index (χ1n) is 7.95. The molecule has 1 aromatic rings. The summed E-state index contributed by atoms with van der Waals surface area (Å²) in [7, 11) is -1.23. The Hall–Kier alpha value is -1.73. The third-order valence-electron chi connectivity index (χ3n) is 4.32. The molecule has 24 heavy (non-hydrogen) atoms. The highest BCUT2D eigenvalue weighted by Crippen LogP contribution is 2.30. The molecule has 0 spiro atoms. The minimum atomic E-state index is -1.23. The van der Waals surface area contributed by atoms with Gasteiger partial charge in [0.05, 0.1) is 5.92 Å². The lowest BCUT2D eigenvalue weighted by Crippen LogP contribution is -2.42. The molecule has 6 nitrogen and oxygen atoms in total. The van der Waals surface area contributed by atoms with Crippen LogP contribution in [0.3, 0.4) is 0 Å². The summed E-state index contributed by atoms with van der Waals surface area (Å²) < 4.78 is 17.1. The van der Waals surface area contributed by atoms with Crippen LogP contribution in [0, 0.1) is 5.92 Å². The topological polar surface area (TPSA) is 83.9 Å². The van der Waals surface area contributed by atoms with Crippen molar-refractivity contribution in [1.82, 2.24) is 4.90 Å². The van der Waals surface area contributed by atoms with Gasteiger partial charge in [-0.05, 0) is 18.4 Å². The standard InChI is InChI=1S/C17H23NO5S/c1-12(15(24(2)22)9-6-10-19)16(20)18-14(11-23-17(18)21)13-7-4-3-5-8-13/h3-5,7-8,12,14-15,19H,6,9-11H2,1-2H3/t12-,14-,15-,24?/m1/s1. The zero-order chi connectivity index (χ0) is 17.7. The second-order valence-corrected chi connectivity index (χ2v) is 7.51. The number of cyclic esters (lactones) is 1. The second kappa shape index (κ2) is 8.39. The van der Waals surface area contributed by atoms with Gasteiger partial charge in [-0.1, -0.05) is 37.3 Å². The fourth-order valence-electron chi connectivity index (χ4n) is 2.96. The van der Waals surface area contributed by atoms with Crippen LogP contribution < -0.4 is 0 Å². The molecule has 2 rings (SSSR count). The normalized spacial score (nSPS) is 21.2. The predicted octanol–water partition coefficient (Wildman–Crippen LogP) is 1.86. The Morgan fingerprint density at radius 1 is 1.42 bits per heavy atom. The Bertz CT molecular complexity index is 606. The summed E-state index contributed by atoms with van der Waals surface area (Å²) in [5.74, 6) is -0.983. The number of rotatable bonds is 7. The summed E-state index contributed by atoms with van der Waals surface area (Å²) in [4.78, 5) is 26.1. The van der Waals surface area contributed by atoms with Crippen LogP contribution in [0.25, 0.3) is 0 Å². The van der Waals surface area contributed by atoms with E-state index in [9.17, 15) is 13.8 Å². The van der Waals surface area contributed by atoms with E-state index in [-0.39, 0.29) is 19.1 Å². The maximum atomic E-state index is 12.9. The molecule has 1 fully saturated rings. The van der Waals surface area contributed by atoms with Crippen molar-refractivity contribution in [2.45, 2.75) is 31.1 Å². The number of nitrogens with zero attached hydrogens (tertiary/aromatic N) is 1. The molecule has 2 amide bonds. The van der Waals surface area contributed by atoms with Crippen molar-refractivity contribution in [3.8, 4) is 0 Å². The molecule has 0 saturated carbocycles. The third-order valence-corrected chi connectivity index (χ3v) is 5.81. The maximum absolute atomic E-state index is 12.9. The Morgan fingerprint density at radius 3 is 2.67 bits per heavy atom. The van der Waals surface area contributed by atoms with E-state index in [0.717, 1.165) is 10.5 Å². The Balaban J connectivity index is 2.21. The molecule has 0 radical (unpaired) electrons. The van der Waals surface area contributed by atoms with Gasteiger partial charge < -0.3 is 9.84 Å². The lowest BCUT2D eigenvalue weighted by atomic mass is 9.99. The fraction of sp³-hybridized carbons (Fsp3) is 0.529. The van der Waals surface area contributed by atoms with Gasteiger partial charge in [0.1, 0.15) is 12.6 Å². The quantitative estimate of drug-likeness (QED) is 0.809. The van der Waals surface area contributed by atoms with Crippen molar-refractivity contribution in [3.05, 3.63) is 35.9 Å². The van der Waals surface area contributed by atoms with Crippen molar-refractivity contribution in [2.75, 3.05) is 19.5 Å². The molecule has 1 aliphatic heterocycles. The molecule has 1 unspecified atom stereocenters. The summed E-state index contributed by atoms with van der Waals surface area (Å²) >= 11 is 0. The number of ether oxygens (including phenoxy) is 1. The fourth-order valence-corrected chi connectivity index (χ4v) is 4.15. The number of aliphatic hydroxyl groups is 1. The molecule has 1 heterocycles. The summed E-state index contributed by atoms with van der Waals surface area (Å²) in [6.45, 7) is 1.78. The Labute approximate surface area is 144 Å². The SMILES string of the molecule is C[C@@H](C(=O)N1C(=O)OC[C@@H]1c1ccccc1)[C@@H](CCCO)S(C)=O. The number of hydrogen-bond donors (Lipinski definition) is 1. The van der Waals surface area contributed by atoms with Gasteiger partial charge in [0, 0.05) is 28.9 Å². The number of amides is 2. The van der Waals surface area contributed by atoms with Crippen LogP contribution in [0.2, 0.25) is 0 Å². The first kappa shape index (κ1) is 18.6. The van der Waals surface area contributed by atoms with E-state index in [1.807, 2.05) is 30.3 Å². The molecule has 1 N–H and O–H groups in total. The number of hydrogen-bond acceptors (Lipinski definition) is 5. The average Bonchev–Trinajstić information content (AvgIpc) is 2.96. The molecule has 0 aliphatic carbocycles. The van der Waals surface area contributed by atoms with Crippen molar-refractivity contribution in [3.63, 3.8) is 0 Å². The average molecular weight is 353 g/mol. The summed E-state index contributed by atoms with van der Waals surface area (Å²) in [5.41, 5.74) is 0.827. The van der Waals surface area contributed by atoms with Crippen molar-refractivity contribution >= 4 is 22.8 Å². The van der Waals surface area contributed by atoms with Gasteiger partial charge in [-0.3, -0.25) is 9.00 Å². The van der Waals surface area contributed by atoms with Gasteiger partial charge in [-0.25, -0.2) is 9.69 Å².